The van der Waals surface area contributed by atoms with E-state index in [2.05, 4.69) is 10.9 Å². The molecule has 1 saturated carbocycles. The number of carbonyl (C=O) groups is 6. The van der Waals surface area contributed by atoms with Crippen LogP contribution >= 0.6 is 0 Å². The molecule has 3 aliphatic rings. The second-order valence-corrected chi connectivity index (χ2v) is 9.28. The number of hydrazine groups is 2. The quantitative estimate of drug-likeness (QED) is 0.160. The van der Waals surface area contributed by atoms with Gasteiger partial charge in [0, 0.05) is 43.2 Å². The Morgan fingerprint density at radius 3 is 1.87 bits per heavy atom. The first-order valence-electron chi connectivity index (χ1n) is 12.4. The Balaban J connectivity index is 0.000000212. The van der Waals surface area contributed by atoms with Crippen LogP contribution in [0.1, 0.15) is 44.1 Å². The van der Waals surface area contributed by atoms with E-state index in [4.69, 9.17) is 11.7 Å². The molecular weight excluding hydrogens is 492 g/mol. The van der Waals surface area contributed by atoms with Crippen LogP contribution in [0.3, 0.4) is 0 Å². The van der Waals surface area contributed by atoms with Gasteiger partial charge in [0.25, 0.3) is 23.6 Å². The van der Waals surface area contributed by atoms with Gasteiger partial charge in [-0.05, 0) is 62.1 Å². The van der Waals surface area contributed by atoms with Gasteiger partial charge in [-0.15, -0.1) is 0 Å². The number of nitrogens with zero attached hydrogens (tertiary/aromatic N) is 2. The van der Waals surface area contributed by atoms with Crippen LogP contribution in [-0.2, 0) is 35.2 Å². The number of rotatable bonds is 8. The summed E-state index contributed by atoms with van der Waals surface area (Å²) in [4.78, 5) is 70.6. The molecule has 4 rings (SSSR count). The van der Waals surface area contributed by atoms with Gasteiger partial charge in [0.2, 0.25) is 11.8 Å². The molecule has 0 bridgehead atoms. The van der Waals surface area contributed by atoms with E-state index < -0.39 is 0 Å². The maximum absolute atomic E-state index is 11.5. The van der Waals surface area contributed by atoms with E-state index in [1.807, 2.05) is 12.1 Å². The Bertz CT molecular complexity index is 1100. The van der Waals surface area contributed by atoms with Gasteiger partial charge in [0.1, 0.15) is 0 Å². The SMILES string of the molecule is NNC(=O)C1CCC(CN2C(=O)C=CC2=O)CC1.NNC(=O)CCCc1ccc(N2C(=O)C=CC2=O)cc1. The monoisotopic (exact) mass is 524 g/mol. The fraction of sp³-hybridized carbons (Fsp3) is 0.385. The number of benzene rings is 1. The van der Waals surface area contributed by atoms with Gasteiger partial charge in [-0.25, -0.2) is 16.6 Å². The standard InChI is InChI=1S/C14H15N3O3.C12H17N3O3/c15-16-12(18)3-1-2-10-4-6-11(7-5-10)17-13(19)8-9-14(17)20;13-14-12(18)9-3-1-8(2-4-9)7-15-10(16)5-6-11(15)17/h4-9H,1-3,15H2,(H,16,18);5-6,8-9H,1-4,7,13H2,(H,14,18). The lowest BCUT2D eigenvalue weighted by atomic mass is 9.81. The predicted octanol–water partition coefficient (Wildman–Crippen LogP) is 0.136. The van der Waals surface area contributed by atoms with E-state index in [0.717, 1.165) is 42.6 Å². The largest absolute Gasteiger partial charge is 0.294 e. The molecule has 0 radical (unpaired) electrons. The third-order valence-electron chi connectivity index (χ3n) is 6.74. The van der Waals surface area contributed by atoms with Crippen LogP contribution < -0.4 is 27.4 Å². The maximum atomic E-state index is 11.5. The van der Waals surface area contributed by atoms with Gasteiger partial charge in [-0.3, -0.25) is 44.5 Å². The van der Waals surface area contributed by atoms with Crippen molar-refractivity contribution in [3.8, 4) is 0 Å². The summed E-state index contributed by atoms with van der Waals surface area (Å²) >= 11 is 0. The molecule has 38 heavy (non-hydrogen) atoms. The Morgan fingerprint density at radius 1 is 0.789 bits per heavy atom. The van der Waals surface area contributed by atoms with Crippen LogP contribution in [0.5, 0.6) is 0 Å². The molecule has 0 atom stereocenters. The smallest absolute Gasteiger partial charge is 0.258 e. The van der Waals surface area contributed by atoms with Crippen molar-refractivity contribution in [2.45, 2.75) is 44.9 Å². The van der Waals surface area contributed by atoms with E-state index in [-0.39, 0.29) is 41.4 Å². The van der Waals surface area contributed by atoms with Gasteiger partial charge < -0.3 is 0 Å². The Morgan fingerprint density at radius 2 is 1.34 bits per heavy atom. The number of anilines is 1. The normalized spacial score (nSPS) is 20.5. The predicted molar refractivity (Wildman–Crippen MR) is 137 cm³/mol. The average Bonchev–Trinajstić information content (AvgIpc) is 3.44. The highest BCUT2D eigenvalue weighted by Gasteiger charge is 2.31. The molecule has 0 aromatic heterocycles. The first-order valence-corrected chi connectivity index (χ1v) is 12.4. The summed E-state index contributed by atoms with van der Waals surface area (Å²) in [5, 5.41) is 0. The lowest BCUT2D eigenvalue weighted by Gasteiger charge is -2.29. The zero-order valence-corrected chi connectivity index (χ0v) is 20.9. The van der Waals surface area contributed by atoms with Crippen molar-refractivity contribution < 1.29 is 28.8 Å². The van der Waals surface area contributed by atoms with Gasteiger partial charge in [0.15, 0.2) is 0 Å². The number of amides is 6. The van der Waals surface area contributed by atoms with E-state index in [1.54, 1.807) is 12.1 Å². The molecule has 6 amide bonds. The topological polar surface area (TPSA) is 185 Å². The van der Waals surface area contributed by atoms with Crippen molar-refractivity contribution in [2.75, 3.05) is 11.4 Å². The minimum absolute atomic E-state index is 0.0330. The number of aryl methyl sites for hydroxylation is 1. The summed E-state index contributed by atoms with van der Waals surface area (Å²) in [6.07, 6.45) is 10.1. The molecule has 12 heteroatoms. The average molecular weight is 525 g/mol. The van der Waals surface area contributed by atoms with Gasteiger partial charge in [-0.1, -0.05) is 12.1 Å². The Kier molecular flexibility index (Phi) is 10.0. The van der Waals surface area contributed by atoms with E-state index >= 15 is 0 Å². The lowest BCUT2D eigenvalue weighted by molar-refractivity contribution is -0.138. The molecule has 0 spiro atoms. The zero-order valence-electron chi connectivity index (χ0n) is 20.9. The van der Waals surface area contributed by atoms with E-state index in [9.17, 15) is 28.8 Å². The van der Waals surface area contributed by atoms with E-state index in [0.29, 0.717) is 31.0 Å². The van der Waals surface area contributed by atoms with Crippen molar-refractivity contribution in [1.29, 1.82) is 0 Å². The molecule has 1 aliphatic carbocycles. The second-order valence-electron chi connectivity index (χ2n) is 9.28. The molecule has 202 valence electrons. The fourth-order valence-electron chi connectivity index (χ4n) is 4.59. The molecule has 2 aliphatic heterocycles. The third kappa shape index (κ3) is 7.43. The minimum Gasteiger partial charge on any atom is -0.294 e. The number of imide groups is 2. The number of hydrogen-bond donors (Lipinski definition) is 4. The second kappa shape index (κ2) is 13.4. The van der Waals surface area contributed by atoms with Crippen molar-refractivity contribution >= 4 is 41.1 Å². The van der Waals surface area contributed by atoms with Gasteiger partial charge in [-0.2, -0.15) is 0 Å². The minimum atomic E-state index is -0.331. The maximum Gasteiger partial charge on any atom is 0.258 e. The van der Waals surface area contributed by atoms with Gasteiger partial charge in [0.05, 0.1) is 5.69 Å². The summed E-state index contributed by atoms with van der Waals surface area (Å²) in [5.74, 6) is 8.90. The molecule has 0 unspecified atom stereocenters. The molecule has 2 heterocycles. The molecule has 6 N–H and O–H groups in total. The third-order valence-corrected chi connectivity index (χ3v) is 6.74. The summed E-state index contributed by atoms with van der Waals surface area (Å²) < 4.78 is 0. The first-order chi connectivity index (χ1) is 18.2. The Labute approximate surface area is 220 Å². The highest BCUT2D eigenvalue weighted by Crippen LogP contribution is 2.30. The van der Waals surface area contributed by atoms with E-state index in [1.165, 1.54) is 29.2 Å². The number of carbonyl (C=O) groups excluding carboxylic acids is 6. The summed E-state index contributed by atoms with van der Waals surface area (Å²) in [7, 11) is 0. The van der Waals surface area contributed by atoms with Crippen LogP contribution in [0, 0.1) is 11.8 Å². The zero-order chi connectivity index (χ0) is 27.7. The van der Waals surface area contributed by atoms with Crippen molar-refractivity contribution in [2.24, 2.45) is 23.5 Å². The molecule has 1 fully saturated rings. The van der Waals surface area contributed by atoms with Crippen LogP contribution in [-0.4, -0.2) is 46.9 Å². The van der Waals surface area contributed by atoms with Crippen LogP contribution in [0.4, 0.5) is 5.69 Å². The number of nitrogens with one attached hydrogen (secondary N) is 2. The molecule has 1 aromatic rings. The van der Waals surface area contributed by atoms with Crippen molar-refractivity contribution in [1.82, 2.24) is 15.8 Å². The summed E-state index contributed by atoms with van der Waals surface area (Å²) in [6.45, 7) is 0.460. The summed E-state index contributed by atoms with van der Waals surface area (Å²) in [5.41, 5.74) is 5.83. The lowest BCUT2D eigenvalue weighted by Crippen LogP contribution is -2.40. The molecule has 1 aromatic carbocycles. The van der Waals surface area contributed by atoms with Gasteiger partial charge >= 0.3 is 0 Å². The van der Waals surface area contributed by atoms with Crippen LogP contribution in [0.2, 0.25) is 0 Å². The summed E-state index contributed by atoms with van der Waals surface area (Å²) in [6, 6.07) is 7.13. The number of nitrogens with two attached hydrogens (primary N) is 2. The molecule has 12 nitrogen and oxygen atoms in total. The number of hydrogen-bond acceptors (Lipinski definition) is 8. The fourth-order valence-corrected chi connectivity index (χ4v) is 4.59. The highest BCUT2D eigenvalue weighted by molar-refractivity contribution is 6.28. The highest BCUT2D eigenvalue weighted by atomic mass is 16.2. The molecule has 0 saturated heterocycles. The van der Waals surface area contributed by atoms with Crippen molar-refractivity contribution in [3.63, 3.8) is 0 Å². The van der Waals surface area contributed by atoms with Crippen LogP contribution in [0.15, 0.2) is 48.6 Å². The van der Waals surface area contributed by atoms with Crippen LogP contribution in [0.25, 0.3) is 0 Å². The Hall–Kier alpha value is -4.16. The first kappa shape index (κ1) is 28.4. The molecular formula is C26H32N6O6. The van der Waals surface area contributed by atoms with Crippen molar-refractivity contribution in [3.05, 3.63) is 54.1 Å².